The largest absolute Gasteiger partial charge is 0.454 e. The molecule has 8 heteroatoms. The number of benzene rings is 13. The van der Waals surface area contributed by atoms with E-state index in [4.69, 9.17) is 14.4 Å². The van der Waals surface area contributed by atoms with E-state index in [0.717, 1.165) is 166 Å². The van der Waals surface area contributed by atoms with Gasteiger partial charge in [0.25, 0.3) is 0 Å². The van der Waals surface area contributed by atoms with Crippen LogP contribution >= 0.6 is 0 Å². The SMILES string of the molecule is N=C1/C(=C(\Nn2c3ccccc3c3c4ccccc4c4c5ccccc5oc4c32)c2cccc(-c3ccc4c(c3)c3ccccc3n4-c3cc(-c4nc(-c5ccccc5)cc(-c5ccccc5)n4)cc(-n4c5ccccc5c5ccccc54)c3)c2)C=Cc2ccccc21. The van der Waals surface area contributed by atoms with E-state index < -0.39 is 0 Å². The van der Waals surface area contributed by atoms with Crippen LogP contribution in [0.5, 0.6) is 0 Å². The summed E-state index contributed by atoms with van der Waals surface area (Å²) in [6.07, 6.45) is 4.23. The molecule has 1 aliphatic carbocycles. The Morgan fingerprint density at radius 2 is 0.882 bits per heavy atom. The van der Waals surface area contributed by atoms with Gasteiger partial charge in [0, 0.05) is 87.9 Å². The zero-order valence-corrected chi connectivity index (χ0v) is 50.1. The second-order valence-corrected chi connectivity index (χ2v) is 24.1. The lowest BCUT2D eigenvalue weighted by molar-refractivity contribution is 0.671. The number of hydrogen-bond acceptors (Lipinski definition) is 5. The molecule has 0 radical (unpaired) electrons. The fourth-order valence-corrected chi connectivity index (χ4v) is 14.7. The first-order chi connectivity index (χ1) is 46.0. The number of aromatic nitrogens is 5. The zero-order chi connectivity index (χ0) is 61.3. The van der Waals surface area contributed by atoms with E-state index in [9.17, 15) is 5.41 Å². The normalized spacial score (nSPS) is 13.1. The Balaban J connectivity index is 0.806. The van der Waals surface area contributed by atoms with Gasteiger partial charge in [0.15, 0.2) is 11.4 Å². The summed E-state index contributed by atoms with van der Waals surface area (Å²) in [5, 5.41) is 21.3. The molecule has 93 heavy (non-hydrogen) atoms. The topological polar surface area (TPSA) is 89.6 Å². The van der Waals surface area contributed by atoms with Crippen LogP contribution in [-0.4, -0.2) is 29.5 Å². The first-order valence-corrected chi connectivity index (χ1v) is 31.5. The highest BCUT2D eigenvalue weighted by Gasteiger charge is 2.27. The molecule has 1 aliphatic rings. The van der Waals surface area contributed by atoms with Gasteiger partial charge in [-0.2, -0.15) is 0 Å². The molecule has 8 nitrogen and oxygen atoms in total. The highest BCUT2D eigenvalue weighted by molar-refractivity contribution is 6.35. The Morgan fingerprint density at radius 1 is 0.366 bits per heavy atom. The lowest BCUT2D eigenvalue weighted by atomic mass is 9.89. The molecule has 18 aromatic rings. The van der Waals surface area contributed by atoms with Crippen molar-refractivity contribution in [3.05, 3.63) is 326 Å². The van der Waals surface area contributed by atoms with Crippen LogP contribution in [0.2, 0.25) is 0 Å². The van der Waals surface area contributed by atoms with E-state index in [1.54, 1.807) is 0 Å². The van der Waals surface area contributed by atoms with E-state index in [2.05, 4.69) is 292 Å². The Morgan fingerprint density at radius 3 is 1.55 bits per heavy atom. The van der Waals surface area contributed by atoms with E-state index in [1.165, 1.54) is 10.8 Å². The smallest absolute Gasteiger partial charge is 0.162 e. The van der Waals surface area contributed by atoms with E-state index >= 15 is 0 Å². The molecule has 5 aromatic heterocycles. The van der Waals surface area contributed by atoms with Gasteiger partial charge < -0.3 is 13.6 Å². The highest BCUT2D eigenvalue weighted by atomic mass is 16.3. The van der Waals surface area contributed by atoms with Crippen LogP contribution in [0.3, 0.4) is 0 Å². The second kappa shape index (κ2) is 20.7. The maximum atomic E-state index is 10.0. The summed E-state index contributed by atoms with van der Waals surface area (Å²) in [4.78, 5) is 10.8. The Bertz CT molecular complexity index is 6130. The summed E-state index contributed by atoms with van der Waals surface area (Å²) in [6, 6.07) is 105. The van der Waals surface area contributed by atoms with Gasteiger partial charge in [-0.1, -0.05) is 237 Å². The van der Waals surface area contributed by atoms with Crippen molar-refractivity contribution in [2.45, 2.75) is 0 Å². The average molecular weight is 1190 g/mol. The van der Waals surface area contributed by atoms with Crippen molar-refractivity contribution < 1.29 is 4.42 Å². The minimum Gasteiger partial charge on any atom is -0.454 e. The van der Waals surface area contributed by atoms with Crippen molar-refractivity contribution >= 4 is 116 Å². The number of para-hydroxylation sites is 5. The van der Waals surface area contributed by atoms with Crippen molar-refractivity contribution in [1.82, 2.24) is 23.8 Å². The minimum absolute atomic E-state index is 0.438. The third-order valence-electron chi connectivity index (χ3n) is 18.9. The van der Waals surface area contributed by atoms with Crippen molar-refractivity contribution in [3.8, 4) is 56.4 Å². The molecule has 434 valence electrons. The highest BCUT2D eigenvalue weighted by Crippen LogP contribution is 2.46. The molecule has 2 N–H and O–H groups in total. The van der Waals surface area contributed by atoms with Crippen molar-refractivity contribution in [2.24, 2.45) is 0 Å². The molecule has 0 saturated heterocycles. The van der Waals surface area contributed by atoms with Crippen LogP contribution < -0.4 is 5.43 Å². The Labute approximate surface area is 533 Å². The maximum absolute atomic E-state index is 10.0. The quantitative estimate of drug-likeness (QED) is 0.151. The van der Waals surface area contributed by atoms with Gasteiger partial charge in [0.1, 0.15) is 11.1 Å². The number of allylic oxidation sites excluding steroid dienone is 2. The van der Waals surface area contributed by atoms with Gasteiger partial charge in [0.2, 0.25) is 0 Å². The van der Waals surface area contributed by atoms with Gasteiger partial charge in [-0.25, -0.2) is 9.97 Å². The van der Waals surface area contributed by atoms with Crippen LogP contribution in [0.4, 0.5) is 0 Å². The van der Waals surface area contributed by atoms with Gasteiger partial charge in [-0.3, -0.25) is 15.5 Å². The number of nitrogens with zero attached hydrogens (tertiary/aromatic N) is 5. The lowest BCUT2D eigenvalue weighted by Gasteiger charge is -2.22. The van der Waals surface area contributed by atoms with Crippen LogP contribution in [0, 0.1) is 5.41 Å². The van der Waals surface area contributed by atoms with E-state index in [1.807, 2.05) is 36.4 Å². The molecule has 0 saturated carbocycles. The molecule has 5 heterocycles. The molecular formula is C85H53N7O. The fraction of sp³-hybridized carbons (Fsp3) is 0. The molecule has 0 fully saturated rings. The second-order valence-electron chi connectivity index (χ2n) is 24.1. The van der Waals surface area contributed by atoms with Crippen molar-refractivity contribution in [3.63, 3.8) is 0 Å². The van der Waals surface area contributed by atoms with E-state index in [-0.39, 0.29) is 0 Å². The fourth-order valence-electron chi connectivity index (χ4n) is 14.7. The first kappa shape index (κ1) is 52.3. The van der Waals surface area contributed by atoms with E-state index in [0.29, 0.717) is 11.5 Å². The van der Waals surface area contributed by atoms with Crippen LogP contribution in [0.1, 0.15) is 16.7 Å². The number of nitrogens with one attached hydrogen (secondary N) is 2. The summed E-state index contributed by atoms with van der Waals surface area (Å²) in [6.45, 7) is 0. The van der Waals surface area contributed by atoms with Crippen LogP contribution in [-0.2, 0) is 0 Å². The first-order valence-electron chi connectivity index (χ1n) is 31.5. The number of fused-ring (bicyclic) bond motifs is 17. The molecule has 19 rings (SSSR count). The molecule has 0 amide bonds. The summed E-state index contributed by atoms with van der Waals surface area (Å²) in [7, 11) is 0. The van der Waals surface area contributed by atoms with Gasteiger partial charge in [0.05, 0.1) is 50.4 Å². The number of hydrogen-bond donors (Lipinski definition) is 2. The van der Waals surface area contributed by atoms with Crippen LogP contribution in [0.25, 0.3) is 166 Å². The average Bonchev–Trinajstić information content (AvgIpc) is 1.56. The standard InChI is InChI=1S/C85H53N7O/c86-81-61-29-8-7-22-52(61)42-44-69(81)82(89-92-77-40-19-14-35-67(77)79-65-33-9-10-34-66(65)80-68-36-15-20-41-78(68)93-84(80)83(79)92)57-28-21-27-55(46-57)56-43-45-76-70(49-56)64-32-13-18-39-75(64)91(76)60-48-58(47-59(50-60)90-73-37-16-11-30-62(73)63-31-12-17-38-74(63)90)85-87-71(53-23-3-1-4-24-53)51-72(88-85)54-25-5-2-6-26-54/h1-51,86,89H/b82-69-,86-81?. The molecule has 0 unspecified atom stereocenters. The molecule has 0 spiro atoms. The summed E-state index contributed by atoms with van der Waals surface area (Å²) >= 11 is 0. The molecule has 13 aromatic carbocycles. The van der Waals surface area contributed by atoms with Gasteiger partial charge in [-0.15, -0.1) is 0 Å². The molecule has 0 aliphatic heterocycles. The van der Waals surface area contributed by atoms with Gasteiger partial charge in [-0.05, 0) is 100 Å². The zero-order valence-electron chi connectivity index (χ0n) is 50.1. The molecule has 0 atom stereocenters. The van der Waals surface area contributed by atoms with Crippen molar-refractivity contribution in [1.29, 1.82) is 5.41 Å². The predicted octanol–water partition coefficient (Wildman–Crippen LogP) is 21.5. The minimum atomic E-state index is 0.438. The maximum Gasteiger partial charge on any atom is 0.162 e. The summed E-state index contributed by atoms with van der Waals surface area (Å²) in [5.74, 6) is 0.628. The molecular weight excluding hydrogens is 1130 g/mol. The monoisotopic (exact) mass is 1190 g/mol. The Kier molecular flexibility index (Phi) is 11.6. The third-order valence-corrected chi connectivity index (χ3v) is 18.9. The predicted molar refractivity (Wildman–Crippen MR) is 385 cm³/mol. The lowest BCUT2D eigenvalue weighted by Crippen LogP contribution is -2.19. The van der Waals surface area contributed by atoms with Crippen LogP contribution in [0.15, 0.2) is 313 Å². The molecule has 0 bridgehead atoms. The number of furan rings is 1. The summed E-state index contributed by atoms with van der Waals surface area (Å²) in [5.41, 5.74) is 25.5. The third kappa shape index (κ3) is 8.22. The summed E-state index contributed by atoms with van der Waals surface area (Å²) < 4.78 is 14.0. The van der Waals surface area contributed by atoms with Gasteiger partial charge >= 0.3 is 0 Å². The van der Waals surface area contributed by atoms with Crippen molar-refractivity contribution in [2.75, 3.05) is 5.43 Å². The Hall–Kier alpha value is -12.7. The number of rotatable bonds is 9.